The Morgan fingerprint density at radius 3 is 2.55 bits per heavy atom. The first-order valence-electron chi connectivity index (χ1n) is 6.83. The van der Waals surface area contributed by atoms with Crippen LogP contribution >= 0.6 is 24.0 Å². The average molecular weight is 389 g/mol. The first-order valence-corrected chi connectivity index (χ1v) is 6.83. The van der Waals surface area contributed by atoms with Crippen LogP contribution in [0.5, 0.6) is 0 Å². The summed E-state index contributed by atoms with van der Waals surface area (Å²) in [6.45, 7) is 2.44. The van der Waals surface area contributed by atoms with E-state index in [1.807, 2.05) is 13.1 Å². The maximum Gasteiger partial charge on any atom is 0.191 e. The number of nitrogens with zero attached hydrogens (tertiary/aromatic N) is 1. The predicted molar refractivity (Wildman–Crippen MR) is 93.5 cm³/mol. The molecule has 0 radical (unpaired) electrons. The number of nitrogens with one attached hydrogen (secondary N) is 2. The zero-order valence-electron chi connectivity index (χ0n) is 12.2. The lowest BCUT2D eigenvalue weighted by Crippen LogP contribution is -2.38. The summed E-state index contributed by atoms with van der Waals surface area (Å²) in [4.78, 5) is 4.24. The Morgan fingerprint density at radius 2 is 1.95 bits per heavy atom. The summed E-state index contributed by atoms with van der Waals surface area (Å²) in [6, 6.07) is 8.31. The van der Waals surface area contributed by atoms with E-state index in [-0.39, 0.29) is 24.0 Å². The molecule has 0 amide bonds. The second-order valence-corrected chi connectivity index (χ2v) is 4.95. The van der Waals surface area contributed by atoms with E-state index in [2.05, 4.69) is 33.8 Å². The van der Waals surface area contributed by atoms with Gasteiger partial charge < -0.3 is 15.4 Å². The molecule has 2 rings (SSSR count). The van der Waals surface area contributed by atoms with Gasteiger partial charge in [0.2, 0.25) is 0 Å². The lowest BCUT2D eigenvalue weighted by molar-refractivity contribution is 0.184. The van der Waals surface area contributed by atoms with Crippen LogP contribution < -0.4 is 10.6 Å². The van der Waals surface area contributed by atoms with Crippen molar-refractivity contribution in [3.05, 3.63) is 35.4 Å². The number of ether oxygens (including phenoxy) is 1. The fraction of sp³-hybridized carbons (Fsp3) is 0.533. The van der Waals surface area contributed by atoms with E-state index in [0.29, 0.717) is 6.61 Å². The minimum Gasteiger partial charge on any atom is -0.380 e. The zero-order chi connectivity index (χ0) is 13.5. The van der Waals surface area contributed by atoms with E-state index < -0.39 is 0 Å². The summed E-state index contributed by atoms with van der Waals surface area (Å²) in [7, 11) is 3.53. The summed E-state index contributed by atoms with van der Waals surface area (Å²) in [5, 5.41) is 6.71. The summed E-state index contributed by atoms with van der Waals surface area (Å²) in [6.07, 6.45) is 2.70. The van der Waals surface area contributed by atoms with Gasteiger partial charge in [-0.1, -0.05) is 24.3 Å². The molecule has 1 aliphatic rings. The van der Waals surface area contributed by atoms with Crippen molar-refractivity contribution >= 4 is 29.9 Å². The molecule has 2 N–H and O–H groups in total. The molecule has 1 aromatic carbocycles. The highest BCUT2D eigenvalue weighted by Crippen LogP contribution is 2.27. The van der Waals surface area contributed by atoms with Gasteiger partial charge in [-0.2, -0.15) is 0 Å². The van der Waals surface area contributed by atoms with Gasteiger partial charge >= 0.3 is 0 Å². The van der Waals surface area contributed by atoms with Crippen molar-refractivity contribution in [2.75, 3.05) is 20.7 Å². The van der Waals surface area contributed by atoms with Gasteiger partial charge in [-0.15, -0.1) is 24.0 Å². The first-order chi connectivity index (χ1) is 9.33. The average Bonchev–Trinajstić information content (AvgIpc) is 3.25. The van der Waals surface area contributed by atoms with Crippen LogP contribution in [0.4, 0.5) is 0 Å². The Kier molecular flexibility index (Phi) is 7.91. The molecule has 1 aromatic rings. The minimum absolute atomic E-state index is 0. The Morgan fingerprint density at radius 1 is 1.25 bits per heavy atom. The van der Waals surface area contributed by atoms with Crippen LogP contribution in [0.1, 0.15) is 24.0 Å². The fourth-order valence-corrected chi connectivity index (χ4v) is 1.99. The smallest absolute Gasteiger partial charge is 0.191 e. The fourth-order valence-electron chi connectivity index (χ4n) is 1.99. The predicted octanol–water partition coefficient (Wildman–Crippen LogP) is 2.53. The molecule has 1 fully saturated rings. The van der Waals surface area contributed by atoms with Crippen molar-refractivity contribution in [1.29, 1.82) is 0 Å². The molecule has 0 unspecified atom stereocenters. The minimum atomic E-state index is 0. The molecular weight excluding hydrogens is 365 g/mol. The lowest BCUT2D eigenvalue weighted by Gasteiger charge is -2.13. The van der Waals surface area contributed by atoms with Gasteiger partial charge in [0.25, 0.3) is 0 Å². The van der Waals surface area contributed by atoms with Gasteiger partial charge in [-0.3, -0.25) is 4.99 Å². The number of benzene rings is 1. The Labute approximate surface area is 138 Å². The van der Waals surface area contributed by atoms with Gasteiger partial charge in [0.1, 0.15) is 0 Å². The second-order valence-electron chi connectivity index (χ2n) is 4.95. The highest BCUT2D eigenvalue weighted by Gasteiger charge is 2.21. The second kappa shape index (κ2) is 9.18. The molecular formula is C15H24IN3O. The van der Waals surface area contributed by atoms with Crippen molar-refractivity contribution < 1.29 is 4.74 Å². The van der Waals surface area contributed by atoms with Crippen molar-refractivity contribution in [2.24, 2.45) is 10.9 Å². The highest BCUT2D eigenvalue weighted by atomic mass is 127. The summed E-state index contributed by atoms with van der Waals surface area (Å²) in [5.74, 6) is 1.72. The quantitative estimate of drug-likeness (QED) is 0.447. The number of hydrogen-bond acceptors (Lipinski definition) is 2. The van der Waals surface area contributed by atoms with Gasteiger partial charge in [0, 0.05) is 27.2 Å². The van der Waals surface area contributed by atoms with E-state index >= 15 is 0 Å². The highest BCUT2D eigenvalue weighted by molar-refractivity contribution is 14.0. The first kappa shape index (κ1) is 17.2. The topological polar surface area (TPSA) is 45.7 Å². The number of hydrogen-bond donors (Lipinski definition) is 2. The standard InChI is InChI=1S/C15H23N3O.HI/c1-16-15(17-9-12-7-8-12)18-10-13-5-3-4-6-14(13)11-19-2;/h3-6,12H,7-11H2,1-2H3,(H2,16,17,18);1H. The Hall–Kier alpha value is -0.820. The molecule has 1 saturated carbocycles. The van der Waals surface area contributed by atoms with E-state index in [1.165, 1.54) is 24.0 Å². The number of rotatable bonds is 6. The summed E-state index contributed by atoms with van der Waals surface area (Å²) < 4.78 is 5.22. The van der Waals surface area contributed by atoms with Crippen LogP contribution in [-0.2, 0) is 17.9 Å². The molecule has 0 saturated heterocycles. The summed E-state index contributed by atoms with van der Waals surface area (Å²) in [5.41, 5.74) is 2.47. The van der Waals surface area contributed by atoms with E-state index in [0.717, 1.165) is 25.0 Å². The molecule has 0 heterocycles. The molecule has 0 atom stereocenters. The monoisotopic (exact) mass is 389 g/mol. The number of aliphatic imine (C=N–C) groups is 1. The lowest BCUT2D eigenvalue weighted by atomic mass is 10.1. The third kappa shape index (κ3) is 5.66. The maximum absolute atomic E-state index is 5.22. The normalized spacial score (nSPS) is 14.6. The molecule has 0 bridgehead atoms. The molecule has 4 nitrogen and oxygen atoms in total. The maximum atomic E-state index is 5.22. The van der Waals surface area contributed by atoms with Crippen molar-refractivity contribution in [3.63, 3.8) is 0 Å². The molecule has 0 aliphatic heterocycles. The van der Waals surface area contributed by atoms with Gasteiger partial charge in [0.15, 0.2) is 5.96 Å². The molecule has 20 heavy (non-hydrogen) atoms. The van der Waals surface area contributed by atoms with Crippen LogP contribution in [0.3, 0.4) is 0 Å². The Balaban J connectivity index is 0.00000200. The van der Waals surface area contributed by atoms with Gasteiger partial charge in [-0.05, 0) is 29.9 Å². The number of methoxy groups -OCH3 is 1. The molecule has 112 valence electrons. The number of halogens is 1. The van der Waals surface area contributed by atoms with Crippen LogP contribution in [0.15, 0.2) is 29.3 Å². The van der Waals surface area contributed by atoms with E-state index in [9.17, 15) is 0 Å². The Bertz CT molecular complexity index is 433. The molecule has 1 aliphatic carbocycles. The van der Waals surface area contributed by atoms with Crippen LogP contribution in [0.2, 0.25) is 0 Å². The van der Waals surface area contributed by atoms with E-state index in [1.54, 1.807) is 7.11 Å². The van der Waals surface area contributed by atoms with Crippen LogP contribution in [-0.4, -0.2) is 26.7 Å². The van der Waals surface area contributed by atoms with Crippen LogP contribution in [0.25, 0.3) is 0 Å². The van der Waals surface area contributed by atoms with Gasteiger partial charge in [-0.25, -0.2) is 0 Å². The van der Waals surface area contributed by atoms with Crippen molar-refractivity contribution in [1.82, 2.24) is 10.6 Å². The van der Waals surface area contributed by atoms with Gasteiger partial charge in [0.05, 0.1) is 6.61 Å². The molecule has 0 aromatic heterocycles. The van der Waals surface area contributed by atoms with Crippen molar-refractivity contribution in [2.45, 2.75) is 26.0 Å². The number of guanidine groups is 1. The third-order valence-corrected chi connectivity index (χ3v) is 3.34. The van der Waals surface area contributed by atoms with Crippen molar-refractivity contribution in [3.8, 4) is 0 Å². The zero-order valence-corrected chi connectivity index (χ0v) is 14.5. The largest absolute Gasteiger partial charge is 0.380 e. The van der Waals surface area contributed by atoms with Crippen LogP contribution in [0, 0.1) is 5.92 Å². The third-order valence-electron chi connectivity index (χ3n) is 3.34. The molecule has 5 heteroatoms. The summed E-state index contributed by atoms with van der Waals surface area (Å²) >= 11 is 0. The van der Waals surface area contributed by atoms with E-state index in [4.69, 9.17) is 4.74 Å². The molecule has 0 spiro atoms. The SMILES string of the molecule is CN=C(NCc1ccccc1COC)NCC1CC1.I.